The predicted molar refractivity (Wildman–Crippen MR) is 83.9 cm³/mol. The lowest BCUT2D eigenvalue weighted by Crippen LogP contribution is -2.38. The van der Waals surface area contributed by atoms with Gasteiger partial charge < -0.3 is 18.9 Å². The third-order valence-electron chi connectivity index (χ3n) is 3.90. The Labute approximate surface area is 130 Å². The fraction of sp³-hybridized carbons (Fsp3) is 1.00. The lowest BCUT2D eigenvalue weighted by atomic mass is 10.2. The van der Waals surface area contributed by atoms with Gasteiger partial charge in [0, 0.05) is 0 Å². The zero-order chi connectivity index (χ0) is 15.0. The first-order valence-corrected chi connectivity index (χ1v) is 9.48. The smallest absolute Gasteiger partial charge is 0.178 e. The van der Waals surface area contributed by atoms with Gasteiger partial charge >= 0.3 is 0 Å². The van der Waals surface area contributed by atoms with Crippen LogP contribution in [0.3, 0.4) is 0 Å². The van der Waals surface area contributed by atoms with E-state index in [1.165, 1.54) is 0 Å². The Hall–Kier alpha value is 0.540. The highest BCUT2D eigenvalue weighted by Gasteiger charge is 2.44. The minimum Gasteiger partial charge on any atom is -0.346 e. The first kappa shape index (κ1) is 16.9. The topological polar surface area (TPSA) is 36.9 Å². The van der Waals surface area contributed by atoms with E-state index in [0.29, 0.717) is 13.2 Å². The molecule has 0 saturated carbocycles. The second kappa shape index (κ2) is 6.34. The molecule has 2 aliphatic heterocycles. The van der Waals surface area contributed by atoms with Crippen LogP contribution in [0.1, 0.15) is 41.5 Å². The van der Waals surface area contributed by atoms with Crippen LogP contribution < -0.4 is 0 Å². The van der Waals surface area contributed by atoms with Crippen LogP contribution in [-0.4, -0.2) is 47.5 Å². The molecule has 2 heterocycles. The molecule has 6 atom stereocenters. The van der Waals surface area contributed by atoms with Crippen molar-refractivity contribution in [3.63, 3.8) is 0 Å². The largest absolute Gasteiger partial charge is 0.346 e. The first-order chi connectivity index (χ1) is 9.25. The summed E-state index contributed by atoms with van der Waals surface area (Å²) in [5.74, 6) is -0.995. The summed E-state index contributed by atoms with van der Waals surface area (Å²) in [7, 11) is 3.55. The van der Waals surface area contributed by atoms with Crippen molar-refractivity contribution < 1.29 is 18.9 Å². The molecule has 118 valence electrons. The van der Waals surface area contributed by atoms with Gasteiger partial charge in [0.25, 0.3) is 0 Å². The summed E-state index contributed by atoms with van der Waals surface area (Å²) < 4.78 is 23.4. The summed E-state index contributed by atoms with van der Waals surface area (Å²) in [6, 6.07) is 0. The highest BCUT2D eigenvalue weighted by atomic mass is 33.1. The monoisotopic (exact) mass is 322 g/mol. The Kier molecular flexibility index (Phi) is 5.36. The van der Waals surface area contributed by atoms with E-state index in [4.69, 9.17) is 18.9 Å². The van der Waals surface area contributed by atoms with Crippen LogP contribution in [-0.2, 0) is 18.9 Å². The zero-order valence-electron chi connectivity index (χ0n) is 13.2. The van der Waals surface area contributed by atoms with Crippen LogP contribution in [0.4, 0.5) is 0 Å². The number of hydrogen-bond donors (Lipinski definition) is 0. The molecule has 0 N–H and O–H groups in total. The Balaban J connectivity index is 1.83. The molecule has 6 heteroatoms. The minimum absolute atomic E-state index is 0.172. The maximum Gasteiger partial charge on any atom is 0.178 e. The summed E-state index contributed by atoms with van der Waals surface area (Å²) in [4.78, 5) is 0. The molecule has 2 fully saturated rings. The van der Waals surface area contributed by atoms with Gasteiger partial charge in [0.05, 0.1) is 35.9 Å². The van der Waals surface area contributed by atoms with Gasteiger partial charge in [-0.2, -0.15) is 0 Å². The molecule has 0 bridgehead atoms. The van der Waals surface area contributed by atoms with Crippen molar-refractivity contribution >= 4 is 21.6 Å². The van der Waals surface area contributed by atoms with Gasteiger partial charge in [-0.25, -0.2) is 0 Å². The molecule has 0 aromatic heterocycles. The molecule has 0 radical (unpaired) electrons. The predicted octanol–water partition coefficient (Wildman–Crippen LogP) is 3.45. The second-order valence-electron chi connectivity index (χ2n) is 5.99. The molecule has 2 rings (SSSR count). The Morgan fingerprint density at radius 1 is 0.850 bits per heavy atom. The van der Waals surface area contributed by atoms with E-state index in [2.05, 4.69) is 13.8 Å². The second-order valence-corrected chi connectivity index (χ2v) is 8.94. The number of ether oxygens (including phenoxy) is 4. The third-order valence-corrected chi connectivity index (χ3v) is 7.51. The van der Waals surface area contributed by atoms with Crippen LogP contribution in [0.15, 0.2) is 0 Å². The van der Waals surface area contributed by atoms with E-state index in [9.17, 15) is 0 Å². The lowest BCUT2D eigenvalue weighted by Gasteiger charge is -2.33. The fourth-order valence-corrected chi connectivity index (χ4v) is 5.25. The SMILES string of the molecule is CC1COC(C)(C(C)SSC(C)C2(C)OCC(C)O2)O1. The van der Waals surface area contributed by atoms with Crippen LogP contribution in [0.2, 0.25) is 0 Å². The van der Waals surface area contributed by atoms with E-state index in [1.54, 1.807) is 21.6 Å². The fourth-order valence-electron chi connectivity index (χ4n) is 2.27. The molecule has 0 aliphatic carbocycles. The number of rotatable bonds is 5. The molecule has 4 nitrogen and oxygen atoms in total. The van der Waals surface area contributed by atoms with Gasteiger partial charge in [0.1, 0.15) is 0 Å². The highest BCUT2D eigenvalue weighted by Crippen LogP contribution is 2.44. The molecule has 6 unspecified atom stereocenters. The lowest BCUT2D eigenvalue weighted by molar-refractivity contribution is -0.149. The minimum atomic E-state index is -0.498. The van der Waals surface area contributed by atoms with Gasteiger partial charge in [-0.1, -0.05) is 21.6 Å². The Bertz CT molecular complexity index is 311. The van der Waals surface area contributed by atoms with Gasteiger partial charge in [-0.05, 0) is 41.5 Å². The summed E-state index contributed by atoms with van der Waals surface area (Å²) in [5.41, 5.74) is 0. The van der Waals surface area contributed by atoms with Gasteiger partial charge in [-0.3, -0.25) is 0 Å². The number of hydrogen-bond acceptors (Lipinski definition) is 6. The molecule has 0 amide bonds. The van der Waals surface area contributed by atoms with E-state index in [-0.39, 0.29) is 22.7 Å². The van der Waals surface area contributed by atoms with E-state index < -0.39 is 11.6 Å². The van der Waals surface area contributed by atoms with Crippen molar-refractivity contribution in [3.05, 3.63) is 0 Å². The van der Waals surface area contributed by atoms with Gasteiger partial charge in [-0.15, -0.1) is 0 Å². The van der Waals surface area contributed by atoms with Crippen molar-refractivity contribution in [1.82, 2.24) is 0 Å². The van der Waals surface area contributed by atoms with Gasteiger partial charge in [0.15, 0.2) is 11.6 Å². The van der Waals surface area contributed by atoms with E-state index in [0.717, 1.165) is 0 Å². The molecule has 0 spiro atoms. The van der Waals surface area contributed by atoms with Crippen LogP contribution in [0.25, 0.3) is 0 Å². The molecular weight excluding hydrogens is 296 g/mol. The summed E-state index contributed by atoms with van der Waals surface area (Å²) in [5, 5.41) is 0.477. The van der Waals surface area contributed by atoms with E-state index >= 15 is 0 Å². The first-order valence-electron chi connectivity index (χ1n) is 7.21. The normalized spacial score (nSPS) is 44.7. The summed E-state index contributed by atoms with van der Waals surface area (Å²) in [6.45, 7) is 13.7. The molecule has 0 aromatic carbocycles. The zero-order valence-corrected chi connectivity index (χ0v) is 14.8. The Morgan fingerprint density at radius 3 is 1.45 bits per heavy atom. The molecule has 0 aromatic rings. The van der Waals surface area contributed by atoms with Crippen molar-refractivity contribution in [2.45, 2.75) is 75.8 Å². The average Bonchev–Trinajstić information content (AvgIpc) is 2.91. The highest BCUT2D eigenvalue weighted by molar-refractivity contribution is 8.77. The van der Waals surface area contributed by atoms with Crippen molar-refractivity contribution in [3.8, 4) is 0 Å². The average molecular weight is 322 g/mol. The van der Waals surface area contributed by atoms with Crippen LogP contribution in [0.5, 0.6) is 0 Å². The van der Waals surface area contributed by atoms with E-state index in [1.807, 2.05) is 27.7 Å². The van der Waals surface area contributed by atoms with Gasteiger partial charge in [0.2, 0.25) is 0 Å². The van der Waals surface area contributed by atoms with Crippen LogP contribution >= 0.6 is 21.6 Å². The van der Waals surface area contributed by atoms with Crippen molar-refractivity contribution in [2.75, 3.05) is 13.2 Å². The Morgan fingerprint density at radius 2 is 1.20 bits per heavy atom. The van der Waals surface area contributed by atoms with Crippen molar-refractivity contribution in [1.29, 1.82) is 0 Å². The maximum absolute atomic E-state index is 5.89. The van der Waals surface area contributed by atoms with Crippen molar-refractivity contribution in [2.24, 2.45) is 0 Å². The third kappa shape index (κ3) is 3.65. The quantitative estimate of drug-likeness (QED) is 0.722. The van der Waals surface area contributed by atoms with Crippen LogP contribution in [0, 0.1) is 0 Å². The standard InChI is InChI=1S/C14H26O4S2/c1-9-7-15-13(5,17-9)11(3)19-20-12(4)14(6)16-8-10(2)18-14/h9-12H,7-8H2,1-6H3. The summed E-state index contributed by atoms with van der Waals surface area (Å²) >= 11 is 0. The molecular formula is C14H26O4S2. The maximum atomic E-state index is 5.89. The molecule has 20 heavy (non-hydrogen) atoms. The summed E-state index contributed by atoms with van der Waals surface area (Å²) in [6.07, 6.45) is 0.343. The molecule has 2 saturated heterocycles. The molecule has 2 aliphatic rings.